The van der Waals surface area contributed by atoms with Crippen LogP contribution in [-0.4, -0.2) is 52.3 Å². The Morgan fingerprint density at radius 2 is 1.95 bits per heavy atom. The fourth-order valence-corrected chi connectivity index (χ4v) is 3.06. The fraction of sp³-hybridized carbons (Fsp3) is 0.500. The molecule has 0 atom stereocenters. The first-order chi connectivity index (χ1) is 9.90. The van der Waals surface area contributed by atoms with Gasteiger partial charge in [0.15, 0.2) is 0 Å². The lowest BCUT2D eigenvalue weighted by Crippen LogP contribution is -2.38. The van der Waals surface area contributed by atoms with Gasteiger partial charge in [0.1, 0.15) is 5.69 Å². The molecule has 0 unspecified atom stereocenters. The van der Waals surface area contributed by atoms with Gasteiger partial charge >= 0.3 is 6.01 Å². The zero-order chi connectivity index (χ0) is 13.4. The lowest BCUT2D eigenvalue weighted by Gasteiger charge is -2.29. The number of pyridine rings is 1. The van der Waals surface area contributed by atoms with Crippen molar-refractivity contribution in [1.82, 2.24) is 20.1 Å². The molecule has 0 aromatic carbocycles. The Morgan fingerprint density at radius 1 is 1.05 bits per heavy atom. The van der Waals surface area contributed by atoms with Crippen molar-refractivity contribution < 1.29 is 4.42 Å². The van der Waals surface area contributed by atoms with Crippen LogP contribution in [-0.2, 0) is 0 Å². The van der Waals surface area contributed by atoms with Gasteiger partial charge in [-0.15, -0.1) is 5.10 Å². The lowest BCUT2D eigenvalue weighted by atomic mass is 10.1. The van der Waals surface area contributed by atoms with Crippen LogP contribution in [0.4, 0.5) is 6.01 Å². The highest BCUT2D eigenvalue weighted by atomic mass is 16.4. The van der Waals surface area contributed by atoms with Gasteiger partial charge in [0.05, 0.1) is 0 Å². The van der Waals surface area contributed by atoms with Crippen LogP contribution in [0, 0.1) is 0 Å². The van der Waals surface area contributed by atoms with E-state index in [0.717, 1.165) is 18.8 Å². The van der Waals surface area contributed by atoms with E-state index < -0.39 is 0 Å². The number of hydrogen-bond acceptors (Lipinski definition) is 6. The molecule has 0 N–H and O–H groups in total. The van der Waals surface area contributed by atoms with Crippen LogP contribution in [0.15, 0.2) is 28.8 Å². The summed E-state index contributed by atoms with van der Waals surface area (Å²) in [6, 6.07) is 6.86. The van der Waals surface area contributed by atoms with E-state index in [-0.39, 0.29) is 0 Å². The summed E-state index contributed by atoms with van der Waals surface area (Å²) in [6.07, 6.45) is 4.10. The van der Waals surface area contributed by atoms with Crippen molar-refractivity contribution in [2.24, 2.45) is 0 Å². The van der Waals surface area contributed by atoms with Crippen molar-refractivity contribution >= 4 is 6.01 Å². The quantitative estimate of drug-likeness (QED) is 0.823. The van der Waals surface area contributed by atoms with Crippen molar-refractivity contribution in [3.05, 3.63) is 24.4 Å². The molecule has 0 amide bonds. The summed E-state index contributed by atoms with van der Waals surface area (Å²) >= 11 is 0. The van der Waals surface area contributed by atoms with Gasteiger partial charge in [0.2, 0.25) is 0 Å². The topological polar surface area (TPSA) is 58.3 Å². The van der Waals surface area contributed by atoms with Gasteiger partial charge in [-0.2, -0.15) is 0 Å². The molecule has 104 valence electrons. The molecule has 0 aliphatic carbocycles. The van der Waals surface area contributed by atoms with E-state index >= 15 is 0 Å². The van der Waals surface area contributed by atoms with Crippen molar-refractivity contribution in [2.75, 3.05) is 31.1 Å². The fourth-order valence-electron chi connectivity index (χ4n) is 3.06. The molecule has 20 heavy (non-hydrogen) atoms. The predicted molar refractivity (Wildman–Crippen MR) is 74.3 cm³/mol. The van der Waals surface area contributed by atoms with Crippen molar-refractivity contribution in [1.29, 1.82) is 0 Å². The number of fused-ring (bicyclic) bond motifs is 4. The van der Waals surface area contributed by atoms with Crippen LogP contribution < -0.4 is 4.90 Å². The van der Waals surface area contributed by atoms with Crippen LogP contribution >= 0.6 is 0 Å². The summed E-state index contributed by atoms with van der Waals surface area (Å²) in [5.41, 5.74) is 0.731. The van der Waals surface area contributed by atoms with Gasteiger partial charge in [0, 0.05) is 38.4 Å². The summed E-state index contributed by atoms with van der Waals surface area (Å²) in [4.78, 5) is 9.03. The molecule has 6 heteroatoms. The summed E-state index contributed by atoms with van der Waals surface area (Å²) in [6.45, 7) is 4.41. The summed E-state index contributed by atoms with van der Waals surface area (Å²) < 4.78 is 5.84. The van der Waals surface area contributed by atoms with Crippen LogP contribution in [0.3, 0.4) is 0 Å². The molecule has 6 nitrogen and oxygen atoms in total. The SMILES string of the molecule is c1ccc(-c2nnc(N3CCN4CCC3CC4)o2)nc1. The molecular formula is C14H17N5O. The van der Waals surface area contributed by atoms with E-state index in [4.69, 9.17) is 4.42 Å². The molecule has 5 heterocycles. The Bertz CT molecular complexity index is 576. The maximum absolute atomic E-state index is 5.84. The largest absolute Gasteiger partial charge is 0.402 e. The van der Waals surface area contributed by atoms with Crippen LogP contribution in [0.1, 0.15) is 12.8 Å². The number of piperidine rings is 1. The zero-order valence-electron chi connectivity index (χ0n) is 11.3. The Hall–Kier alpha value is -1.95. The first-order valence-electron chi connectivity index (χ1n) is 7.14. The van der Waals surface area contributed by atoms with E-state index in [1.54, 1.807) is 6.20 Å². The van der Waals surface area contributed by atoms with E-state index in [0.29, 0.717) is 17.9 Å². The van der Waals surface area contributed by atoms with Crippen molar-refractivity contribution in [3.63, 3.8) is 0 Å². The Labute approximate surface area is 117 Å². The first kappa shape index (κ1) is 11.8. The molecule has 0 spiro atoms. The second-order valence-electron chi connectivity index (χ2n) is 5.37. The molecule has 5 rings (SSSR count). The minimum absolute atomic E-state index is 0.500. The Kier molecular flexibility index (Phi) is 2.88. The molecule has 3 aliphatic heterocycles. The Balaban J connectivity index is 1.61. The van der Waals surface area contributed by atoms with Gasteiger partial charge in [-0.3, -0.25) is 4.98 Å². The molecule has 2 bridgehead atoms. The maximum atomic E-state index is 5.84. The highest BCUT2D eigenvalue weighted by Gasteiger charge is 2.31. The molecule has 3 saturated heterocycles. The molecular weight excluding hydrogens is 254 g/mol. The third-order valence-corrected chi connectivity index (χ3v) is 4.20. The van der Waals surface area contributed by atoms with E-state index in [1.165, 1.54) is 25.9 Å². The molecule has 2 aromatic rings. The smallest absolute Gasteiger partial charge is 0.318 e. The summed E-state index contributed by atoms with van der Waals surface area (Å²) in [5, 5.41) is 8.37. The Morgan fingerprint density at radius 3 is 2.75 bits per heavy atom. The molecule has 0 saturated carbocycles. The summed E-state index contributed by atoms with van der Waals surface area (Å²) in [7, 11) is 0. The zero-order valence-corrected chi connectivity index (χ0v) is 11.3. The van der Waals surface area contributed by atoms with Gasteiger partial charge in [-0.1, -0.05) is 11.2 Å². The van der Waals surface area contributed by atoms with Crippen LogP contribution in [0.25, 0.3) is 11.6 Å². The number of anilines is 1. The maximum Gasteiger partial charge on any atom is 0.318 e. The normalized spacial score (nSPS) is 25.7. The second kappa shape index (κ2) is 4.86. The minimum atomic E-state index is 0.500. The van der Waals surface area contributed by atoms with Gasteiger partial charge < -0.3 is 14.2 Å². The number of aromatic nitrogens is 3. The van der Waals surface area contributed by atoms with Gasteiger partial charge in [-0.25, -0.2) is 0 Å². The van der Waals surface area contributed by atoms with Crippen LogP contribution in [0.2, 0.25) is 0 Å². The standard InChI is InChI=1S/C14H17N5O/c1-2-6-15-12(3-1)13-16-17-14(20-13)19-10-9-18-7-4-11(19)5-8-18/h1-3,6,11H,4-5,7-10H2. The number of hydrogen-bond donors (Lipinski definition) is 0. The number of rotatable bonds is 2. The third kappa shape index (κ3) is 2.06. The van der Waals surface area contributed by atoms with E-state index in [9.17, 15) is 0 Å². The van der Waals surface area contributed by atoms with Crippen molar-refractivity contribution in [3.8, 4) is 11.6 Å². The average Bonchev–Trinajstić information content (AvgIpc) is 2.81. The summed E-state index contributed by atoms with van der Waals surface area (Å²) in [5.74, 6) is 0.500. The lowest BCUT2D eigenvalue weighted by molar-refractivity contribution is 0.249. The van der Waals surface area contributed by atoms with Crippen LogP contribution in [0.5, 0.6) is 0 Å². The molecule has 2 aromatic heterocycles. The predicted octanol–water partition coefficient (Wildman–Crippen LogP) is 1.42. The second-order valence-corrected chi connectivity index (χ2v) is 5.37. The highest BCUT2D eigenvalue weighted by molar-refractivity contribution is 5.47. The van der Waals surface area contributed by atoms with Gasteiger partial charge in [0.25, 0.3) is 5.89 Å². The van der Waals surface area contributed by atoms with E-state index in [2.05, 4.69) is 25.0 Å². The first-order valence-corrected chi connectivity index (χ1v) is 7.14. The molecule has 3 fully saturated rings. The minimum Gasteiger partial charge on any atom is -0.402 e. The number of nitrogens with zero attached hydrogens (tertiary/aromatic N) is 5. The van der Waals surface area contributed by atoms with E-state index in [1.807, 2.05) is 18.2 Å². The van der Waals surface area contributed by atoms with Crippen molar-refractivity contribution in [2.45, 2.75) is 18.9 Å². The third-order valence-electron chi connectivity index (χ3n) is 4.20. The monoisotopic (exact) mass is 271 g/mol. The molecule has 3 aliphatic rings. The molecule has 0 radical (unpaired) electrons. The highest BCUT2D eigenvalue weighted by Crippen LogP contribution is 2.27. The average molecular weight is 271 g/mol. The van der Waals surface area contributed by atoms with Gasteiger partial charge in [-0.05, 0) is 25.0 Å².